The van der Waals surface area contributed by atoms with Gasteiger partial charge in [0.25, 0.3) is 0 Å². The summed E-state index contributed by atoms with van der Waals surface area (Å²) in [5, 5.41) is 10.5. The van der Waals surface area contributed by atoms with Crippen molar-refractivity contribution < 1.29 is 14.1 Å². The van der Waals surface area contributed by atoms with Gasteiger partial charge in [0.2, 0.25) is 5.88 Å². The molecule has 10 nitrogen and oxygen atoms in total. The van der Waals surface area contributed by atoms with Gasteiger partial charge in [0, 0.05) is 60.1 Å². The number of nitrogens with one attached hydrogen (secondary N) is 3. The molecule has 5 aromatic rings. The average Bonchev–Trinajstić information content (AvgIpc) is 3.57. The maximum atomic E-state index is 12.4. The minimum absolute atomic E-state index is 0.241. The third-order valence-electron chi connectivity index (χ3n) is 6.00. The van der Waals surface area contributed by atoms with Crippen molar-refractivity contribution in [1.29, 1.82) is 0 Å². The molecule has 1 saturated heterocycles. The highest BCUT2D eigenvalue weighted by molar-refractivity contribution is 5.99. The molecule has 0 radical (unpaired) electrons. The number of benzene rings is 1. The number of hydrogen-bond donors (Lipinski definition) is 3. The van der Waals surface area contributed by atoms with Crippen LogP contribution < -0.4 is 15.5 Å². The molecule has 1 aliphatic rings. The van der Waals surface area contributed by atoms with Crippen molar-refractivity contribution >= 4 is 34.3 Å². The maximum absolute atomic E-state index is 12.4. The minimum atomic E-state index is -0.427. The Morgan fingerprint density at radius 2 is 1.83 bits per heavy atom. The monoisotopic (exact) mass is 481 g/mol. The summed E-state index contributed by atoms with van der Waals surface area (Å²) in [5.41, 5.74) is 5.05. The molecule has 4 aromatic heterocycles. The largest absolute Gasteiger partial charge is 0.378 e. The van der Waals surface area contributed by atoms with Gasteiger partial charge in [0.15, 0.2) is 0 Å². The van der Waals surface area contributed by atoms with Crippen LogP contribution in [0.2, 0.25) is 0 Å². The van der Waals surface area contributed by atoms with Gasteiger partial charge in [-0.05, 0) is 42.0 Å². The molecule has 0 spiro atoms. The van der Waals surface area contributed by atoms with Gasteiger partial charge in [-0.25, -0.2) is 9.78 Å². The summed E-state index contributed by atoms with van der Waals surface area (Å²) in [6.45, 7) is 3.07. The summed E-state index contributed by atoms with van der Waals surface area (Å²) in [4.78, 5) is 26.8. The van der Waals surface area contributed by atoms with Crippen molar-refractivity contribution in [2.45, 2.75) is 0 Å². The zero-order valence-corrected chi connectivity index (χ0v) is 19.3. The highest BCUT2D eigenvalue weighted by atomic mass is 16.5. The minimum Gasteiger partial charge on any atom is -0.378 e. The number of carbonyl (C=O) groups is 1. The molecule has 5 heterocycles. The first kappa shape index (κ1) is 21.8. The van der Waals surface area contributed by atoms with Crippen LogP contribution >= 0.6 is 0 Å². The first-order chi connectivity index (χ1) is 17.7. The Labute approximate surface area is 206 Å². The van der Waals surface area contributed by atoms with Gasteiger partial charge in [-0.15, -0.1) is 0 Å². The van der Waals surface area contributed by atoms with Gasteiger partial charge in [-0.2, -0.15) is 0 Å². The van der Waals surface area contributed by atoms with Crippen molar-refractivity contribution in [1.82, 2.24) is 20.1 Å². The Hall–Kier alpha value is -4.70. The number of aromatic nitrogens is 4. The number of morpholine rings is 1. The van der Waals surface area contributed by atoms with Crippen LogP contribution in [-0.2, 0) is 4.74 Å². The fraction of sp³-hybridized carbons (Fsp3) is 0.154. The van der Waals surface area contributed by atoms with Crippen LogP contribution in [0.1, 0.15) is 0 Å². The van der Waals surface area contributed by atoms with E-state index in [1.54, 1.807) is 18.5 Å². The molecule has 180 valence electrons. The van der Waals surface area contributed by atoms with Crippen LogP contribution in [0.5, 0.6) is 0 Å². The summed E-state index contributed by atoms with van der Waals surface area (Å²) < 4.78 is 10.7. The Kier molecular flexibility index (Phi) is 5.76. The van der Waals surface area contributed by atoms with E-state index < -0.39 is 6.03 Å². The van der Waals surface area contributed by atoms with Crippen molar-refractivity contribution in [3.8, 4) is 22.5 Å². The van der Waals surface area contributed by atoms with Crippen LogP contribution in [0.4, 0.5) is 22.2 Å². The second-order valence-corrected chi connectivity index (χ2v) is 8.35. The number of hydrogen-bond acceptors (Lipinski definition) is 7. The number of H-pyrrole nitrogens is 1. The number of ether oxygens (including phenoxy) is 1. The van der Waals surface area contributed by atoms with Gasteiger partial charge in [-0.1, -0.05) is 17.3 Å². The van der Waals surface area contributed by atoms with E-state index in [9.17, 15) is 4.79 Å². The average molecular weight is 482 g/mol. The molecule has 0 atom stereocenters. The van der Waals surface area contributed by atoms with E-state index >= 15 is 0 Å². The van der Waals surface area contributed by atoms with Crippen molar-refractivity contribution in [3.05, 3.63) is 73.2 Å². The Morgan fingerprint density at radius 3 is 2.64 bits per heavy atom. The molecular weight excluding hydrogens is 458 g/mol. The summed E-state index contributed by atoms with van der Waals surface area (Å²) in [7, 11) is 0. The lowest BCUT2D eigenvalue weighted by atomic mass is 10.1. The van der Waals surface area contributed by atoms with Crippen LogP contribution in [-0.4, -0.2) is 52.4 Å². The molecular formula is C26H23N7O3. The normalized spacial score (nSPS) is 13.6. The summed E-state index contributed by atoms with van der Waals surface area (Å²) >= 11 is 0. The molecule has 2 amide bonds. The lowest BCUT2D eigenvalue weighted by molar-refractivity contribution is 0.122. The van der Waals surface area contributed by atoms with Gasteiger partial charge in [-0.3, -0.25) is 10.3 Å². The first-order valence-corrected chi connectivity index (χ1v) is 11.6. The molecule has 3 N–H and O–H groups in total. The van der Waals surface area contributed by atoms with Crippen molar-refractivity contribution in [2.24, 2.45) is 0 Å². The number of amides is 2. The standard InChI is InChI=1S/C26H23N7O3/c34-26(31-24-15-23(32-36-24)18-2-1-8-27-16-18)29-19-5-3-17(4-6-19)22-14-20-21(30-22)7-9-28-25(20)33-10-12-35-13-11-33/h1-9,14-16,30H,10-13H2,(H2,29,31,34). The number of aromatic amines is 1. The second kappa shape index (κ2) is 9.51. The van der Waals surface area contributed by atoms with Crippen LogP contribution in [0.15, 0.2) is 77.7 Å². The third kappa shape index (κ3) is 4.49. The Balaban J connectivity index is 1.14. The Morgan fingerprint density at radius 1 is 0.972 bits per heavy atom. The molecule has 0 saturated carbocycles. The smallest absolute Gasteiger partial charge is 0.326 e. The van der Waals surface area contributed by atoms with Crippen LogP contribution in [0, 0.1) is 0 Å². The third-order valence-corrected chi connectivity index (χ3v) is 6.00. The van der Waals surface area contributed by atoms with E-state index in [1.165, 1.54) is 0 Å². The number of carbonyl (C=O) groups excluding carboxylic acids is 1. The molecule has 10 heteroatoms. The molecule has 36 heavy (non-hydrogen) atoms. The number of nitrogens with zero attached hydrogens (tertiary/aromatic N) is 4. The summed E-state index contributed by atoms with van der Waals surface area (Å²) in [5.74, 6) is 1.21. The molecule has 1 fully saturated rings. The summed E-state index contributed by atoms with van der Waals surface area (Å²) in [6.07, 6.45) is 5.18. The zero-order valence-electron chi connectivity index (χ0n) is 19.3. The van der Waals surface area contributed by atoms with E-state index in [0.717, 1.165) is 46.6 Å². The summed E-state index contributed by atoms with van der Waals surface area (Å²) in [6, 6.07) is 16.6. The van der Waals surface area contributed by atoms with E-state index in [2.05, 4.69) is 41.7 Å². The SMILES string of the molecule is O=C(Nc1ccc(-c2cc3c(N4CCOCC4)nccc3[nH]2)cc1)Nc1cc(-c2cccnc2)no1. The lowest BCUT2D eigenvalue weighted by Gasteiger charge is -2.28. The second-order valence-electron chi connectivity index (χ2n) is 8.35. The predicted molar refractivity (Wildman–Crippen MR) is 137 cm³/mol. The highest BCUT2D eigenvalue weighted by Crippen LogP contribution is 2.31. The number of urea groups is 1. The fourth-order valence-corrected chi connectivity index (χ4v) is 4.21. The van der Waals surface area contributed by atoms with E-state index in [4.69, 9.17) is 9.26 Å². The van der Waals surface area contributed by atoms with Crippen LogP contribution in [0.3, 0.4) is 0 Å². The maximum Gasteiger partial charge on any atom is 0.326 e. The van der Waals surface area contributed by atoms with Gasteiger partial charge in [0.05, 0.1) is 18.7 Å². The van der Waals surface area contributed by atoms with E-state index in [1.807, 2.05) is 48.7 Å². The van der Waals surface area contributed by atoms with E-state index in [-0.39, 0.29) is 5.88 Å². The van der Waals surface area contributed by atoms with Gasteiger partial charge in [0.1, 0.15) is 11.5 Å². The van der Waals surface area contributed by atoms with Crippen molar-refractivity contribution in [2.75, 3.05) is 41.8 Å². The first-order valence-electron chi connectivity index (χ1n) is 11.6. The van der Waals surface area contributed by atoms with E-state index in [0.29, 0.717) is 24.6 Å². The number of anilines is 3. The molecule has 6 rings (SSSR count). The molecule has 0 aliphatic carbocycles. The zero-order chi connectivity index (χ0) is 24.3. The molecule has 0 unspecified atom stereocenters. The predicted octanol–water partition coefficient (Wildman–Crippen LogP) is 4.76. The number of pyridine rings is 2. The molecule has 0 bridgehead atoms. The molecule has 1 aromatic carbocycles. The van der Waals surface area contributed by atoms with Gasteiger partial charge < -0.3 is 24.5 Å². The fourth-order valence-electron chi connectivity index (χ4n) is 4.21. The van der Waals surface area contributed by atoms with Gasteiger partial charge >= 0.3 is 6.03 Å². The highest BCUT2D eigenvalue weighted by Gasteiger charge is 2.17. The number of rotatable bonds is 5. The Bertz CT molecular complexity index is 1490. The van der Waals surface area contributed by atoms with Crippen molar-refractivity contribution in [3.63, 3.8) is 0 Å². The quantitative estimate of drug-likeness (QED) is 0.331. The number of fused-ring (bicyclic) bond motifs is 1. The topological polar surface area (TPSA) is 121 Å². The van der Waals surface area contributed by atoms with Crippen LogP contribution in [0.25, 0.3) is 33.4 Å². The molecule has 1 aliphatic heterocycles. The lowest BCUT2D eigenvalue weighted by Crippen LogP contribution is -2.36.